The number of nitrogens with one attached hydrogen (secondary N) is 2. The lowest BCUT2D eigenvalue weighted by atomic mass is 9.97. The van der Waals surface area contributed by atoms with Crippen LogP contribution in [0.2, 0.25) is 0 Å². The molecule has 3 heterocycles. The van der Waals surface area contributed by atoms with E-state index in [9.17, 15) is 10.2 Å². The average molecular weight is 510 g/mol. The summed E-state index contributed by atoms with van der Waals surface area (Å²) in [5.74, 6) is 2.02. The second-order valence-electron chi connectivity index (χ2n) is 9.06. The summed E-state index contributed by atoms with van der Waals surface area (Å²) in [6, 6.07) is 19.0. The molecule has 3 aromatic carbocycles. The highest BCUT2D eigenvalue weighted by Gasteiger charge is 2.28. The maximum Gasteiger partial charge on any atom is 0.203 e. The number of methoxy groups -OCH3 is 3. The Balaban J connectivity index is 1.62. The van der Waals surface area contributed by atoms with Crippen LogP contribution >= 0.6 is 0 Å². The van der Waals surface area contributed by atoms with E-state index in [1.165, 1.54) is 4.57 Å². The molecular weight excluding hydrogens is 482 g/mol. The van der Waals surface area contributed by atoms with Crippen LogP contribution < -0.4 is 14.2 Å². The number of nitrogens with zero attached hydrogens (tertiary/aromatic N) is 1. The standard InChI is InChI=1S/C30H27N3O5/c1-36-18-6-4-17(5-7-18)16-33-29(34)27(23-14-31-25-10-8-19(37-2)12-21(23)25)28(30(33)35)24-15-32-26-11-9-20(38-3)13-22(24)26/h4-15,31-32,34-35H,16H2,1-3H3. The molecule has 38 heavy (non-hydrogen) atoms. The highest BCUT2D eigenvalue weighted by molar-refractivity contribution is 6.08. The second kappa shape index (κ2) is 9.15. The molecule has 4 N–H and O–H groups in total. The van der Waals surface area contributed by atoms with Gasteiger partial charge >= 0.3 is 0 Å². The van der Waals surface area contributed by atoms with Crippen molar-refractivity contribution in [2.75, 3.05) is 21.3 Å². The average Bonchev–Trinajstić information content (AvgIpc) is 3.63. The van der Waals surface area contributed by atoms with Gasteiger partial charge in [0.15, 0.2) is 0 Å². The van der Waals surface area contributed by atoms with Crippen LogP contribution in [0.5, 0.6) is 29.0 Å². The Labute approximate surface area is 218 Å². The van der Waals surface area contributed by atoms with Crippen LogP contribution in [0.15, 0.2) is 73.1 Å². The zero-order valence-electron chi connectivity index (χ0n) is 21.2. The van der Waals surface area contributed by atoms with Crippen LogP contribution in [0.4, 0.5) is 0 Å². The minimum atomic E-state index is -0.0470. The first kappa shape index (κ1) is 23.4. The smallest absolute Gasteiger partial charge is 0.203 e. The molecule has 0 unspecified atom stereocenters. The number of aromatic nitrogens is 3. The third-order valence-corrected chi connectivity index (χ3v) is 7.02. The summed E-state index contributed by atoms with van der Waals surface area (Å²) in [5, 5.41) is 25.1. The monoisotopic (exact) mass is 509 g/mol. The van der Waals surface area contributed by atoms with E-state index in [0.29, 0.717) is 22.6 Å². The quantitative estimate of drug-likeness (QED) is 0.203. The lowest BCUT2D eigenvalue weighted by Gasteiger charge is -2.08. The van der Waals surface area contributed by atoms with Crippen molar-refractivity contribution in [2.45, 2.75) is 6.54 Å². The van der Waals surface area contributed by atoms with Crippen LogP contribution in [0.25, 0.3) is 44.1 Å². The molecule has 0 fully saturated rings. The summed E-state index contributed by atoms with van der Waals surface area (Å²) in [6.07, 6.45) is 3.69. The number of aromatic hydroxyl groups is 2. The Morgan fingerprint density at radius 3 is 1.53 bits per heavy atom. The van der Waals surface area contributed by atoms with Crippen molar-refractivity contribution in [3.05, 3.63) is 78.6 Å². The van der Waals surface area contributed by atoms with Crippen molar-refractivity contribution in [3.63, 3.8) is 0 Å². The molecule has 192 valence electrons. The normalized spacial score (nSPS) is 11.3. The van der Waals surface area contributed by atoms with Crippen molar-refractivity contribution >= 4 is 21.8 Å². The van der Waals surface area contributed by atoms with Crippen LogP contribution in [-0.4, -0.2) is 46.1 Å². The fourth-order valence-electron chi connectivity index (χ4n) is 5.03. The summed E-state index contributed by atoms with van der Waals surface area (Å²) < 4.78 is 17.7. The van der Waals surface area contributed by atoms with Crippen molar-refractivity contribution in [3.8, 4) is 51.3 Å². The first-order valence-corrected chi connectivity index (χ1v) is 12.1. The number of rotatable bonds is 7. The molecule has 0 spiro atoms. The number of ether oxygens (including phenoxy) is 3. The largest absolute Gasteiger partial charge is 0.497 e. The zero-order chi connectivity index (χ0) is 26.4. The maximum atomic E-state index is 11.7. The van der Waals surface area contributed by atoms with Gasteiger partial charge in [0.25, 0.3) is 0 Å². The molecule has 0 amide bonds. The molecule has 8 nitrogen and oxygen atoms in total. The van der Waals surface area contributed by atoms with Gasteiger partial charge in [-0.05, 0) is 54.1 Å². The van der Waals surface area contributed by atoms with Gasteiger partial charge in [0.05, 0.1) is 39.0 Å². The van der Waals surface area contributed by atoms with E-state index in [-0.39, 0.29) is 18.3 Å². The molecule has 0 radical (unpaired) electrons. The van der Waals surface area contributed by atoms with E-state index in [1.54, 1.807) is 21.3 Å². The van der Waals surface area contributed by atoms with Gasteiger partial charge in [-0.3, -0.25) is 4.57 Å². The van der Waals surface area contributed by atoms with E-state index in [2.05, 4.69) is 9.97 Å². The van der Waals surface area contributed by atoms with Gasteiger partial charge in [0.1, 0.15) is 17.2 Å². The summed E-state index contributed by atoms with van der Waals surface area (Å²) >= 11 is 0. The topological polar surface area (TPSA) is 105 Å². The minimum absolute atomic E-state index is 0.0470. The predicted octanol–water partition coefficient (Wildman–Crippen LogP) is 6.27. The van der Waals surface area contributed by atoms with E-state index in [0.717, 1.165) is 44.2 Å². The van der Waals surface area contributed by atoms with Gasteiger partial charge in [0.2, 0.25) is 11.8 Å². The molecule has 0 saturated carbocycles. The highest BCUT2D eigenvalue weighted by atomic mass is 16.5. The SMILES string of the molecule is COc1ccc(Cn2c(O)c(-c3c[nH]c4ccc(OC)cc34)c(-c3c[nH]c4ccc(OC)cc34)c2O)cc1. The molecule has 0 atom stereocenters. The molecule has 6 rings (SSSR count). The first-order valence-electron chi connectivity index (χ1n) is 12.1. The first-order chi connectivity index (χ1) is 18.5. The van der Waals surface area contributed by atoms with Crippen LogP contribution in [0.1, 0.15) is 5.56 Å². The van der Waals surface area contributed by atoms with Crippen molar-refractivity contribution in [2.24, 2.45) is 0 Å². The van der Waals surface area contributed by atoms with Crippen LogP contribution in [-0.2, 0) is 6.54 Å². The number of hydrogen-bond donors (Lipinski definition) is 4. The van der Waals surface area contributed by atoms with E-state index in [4.69, 9.17) is 14.2 Å². The number of aromatic amines is 2. The van der Waals surface area contributed by atoms with Crippen LogP contribution in [0, 0.1) is 0 Å². The van der Waals surface area contributed by atoms with Gasteiger partial charge in [0, 0.05) is 45.3 Å². The van der Waals surface area contributed by atoms with Crippen molar-refractivity contribution in [1.82, 2.24) is 14.5 Å². The van der Waals surface area contributed by atoms with Gasteiger partial charge in [-0.15, -0.1) is 0 Å². The summed E-state index contributed by atoms with van der Waals surface area (Å²) in [5.41, 5.74) is 5.17. The van der Waals surface area contributed by atoms with Gasteiger partial charge in [-0.2, -0.15) is 0 Å². The van der Waals surface area contributed by atoms with Gasteiger partial charge in [-0.1, -0.05) is 12.1 Å². The molecule has 0 aliphatic heterocycles. The molecule has 6 aromatic rings. The number of hydrogen-bond acceptors (Lipinski definition) is 5. The van der Waals surface area contributed by atoms with Gasteiger partial charge < -0.3 is 34.4 Å². The summed E-state index contributed by atoms with van der Waals surface area (Å²) in [6.45, 7) is 0.256. The van der Waals surface area contributed by atoms with Crippen molar-refractivity contribution < 1.29 is 24.4 Å². The van der Waals surface area contributed by atoms with E-state index in [1.807, 2.05) is 73.1 Å². The number of benzene rings is 3. The van der Waals surface area contributed by atoms with Gasteiger partial charge in [-0.25, -0.2) is 0 Å². The third kappa shape index (κ3) is 3.69. The lowest BCUT2D eigenvalue weighted by Crippen LogP contribution is -1.98. The molecular formula is C30H27N3O5. The Hall–Kier alpha value is -4.98. The predicted molar refractivity (Wildman–Crippen MR) is 148 cm³/mol. The molecule has 0 bridgehead atoms. The Morgan fingerprint density at radius 2 is 1.08 bits per heavy atom. The number of fused-ring (bicyclic) bond motifs is 2. The lowest BCUT2D eigenvalue weighted by molar-refractivity contribution is 0.378. The molecule has 8 heteroatoms. The third-order valence-electron chi connectivity index (χ3n) is 7.02. The minimum Gasteiger partial charge on any atom is -0.497 e. The fraction of sp³-hybridized carbons (Fsp3) is 0.133. The molecule has 3 aromatic heterocycles. The van der Waals surface area contributed by atoms with Crippen molar-refractivity contribution in [1.29, 1.82) is 0 Å². The molecule has 0 saturated heterocycles. The fourth-order valence-corrected chi connectivity index (χ4v) is 5.03. The summed E-state index contributed by atoms with van der Waals surface area (Å²) in [7, 11) is 4.85. The molecule has 0 aliphatic carbocycles. The molecule has 0 aliphatic rings. The highest BCUT2D eigenvalue weighted by Crippen LogP contribution is 2.51. The Kier molecular flexibility index (Phi) is 5.64. The summed E-state index contributed by atoms with van der Waals surface area (Å²) in [4.78, 5) is 6.57. The van der Waals surface area contributed by atoms with Crippen LogP contribution in [0.3, 0.4) is 0 Å². The number of H-pyrrole nitrogens is 2. The Bertz CT molecular complexity index is 1670. The zero-order valence-corrected chi connectivity index (χ0v) is 21.2. The maximum absolute atomic E-state index is 11.7. The van der Waals surface area contributed by atoms with E-state index >= 15 is 0 Å². The second-order valence-corrected chi connectivity index (χ2v) is 9.06. The van der Waals surface area contributed by atoms with E-state index < -0.39 is 0 Å². The Morgan fingerprint density at radius 1 is 0.632 bits per heavy atom.